The van der Waals surface area contributed by atoms with E-state index in [1.165, 1.54) is 16.8 Å². The number of nitrogens with zero attached hydrogens (tertiary/aromatic N) is 2. The lowest BCUT2D eigenvalue weighted by atomic mass is 9.73. The number of anilines is 2. The number of fused-ring (bicyclic) bond motifs is 2. The molecule has 0 saturated carbocycles. The first-order valence-electron chi connectivity index (χ1n) is 12.7. The van der Waals surface area contributed by atoms with E-state index in [2.05, 4.69) is 106 Å². The number of hydrogen-bond acceptors (Lipinski definition) is 3. The molecule has 1 saturated heterocycles. The van der Waals surface area contributed by atoms with Gasteiger partial charge in [-0.05, 0) is 89.2 Å². The second-order valence-corrected chi connectivity index (χ2v) is 10.8. The van der Waals surface area contributed by atoms with Crippen LogP contribution in [0.4, 0.5) is 11.4 Å². The molecule has 4 nitrogen and oxygen atoms in total. The largest absolute Gasteiger partial charge is 0.384 e. The second-order valence-electron chi connectivity index (χ2n) is 9.99. The van der Waals surface area contributed by atoms with Crippen LogP contribution >= 0.6 is 15.9 Å². The van der Waals surface area contributed by atoms with Crippen molar-refractivity contribution in [3.63, 3.8) is 0 Å². The highest BCUT2D eigenvalue weighted by atomic mass is 79.9. The van der Waals surface area contributed by atoms with Crippen molar-refractivity contribution in [3.8, 4) is 11.1 Å². The first-order valence-corrected chi connectivity index (χ1v) is 13.5. The molecule has 0 radical (unpaired) electrons. The summed E-state index contributed by atoms with van der Waals surface area (Å²) in [5.41, 5.74) is 7.53. The van der Waals surface area contributed by atoms with E-state index in [0.717, 1.165) is 66.0 Å². The quantitative estimate of drug-likeness (QED) is 0.407. The fraction of sp³-hybridized carbons (Fsp3) is 0.258. The zero-order valence-corrected chi connectivity index (χ0v) is 22.1. The lowest BCUT2D eigenvalue weighted by molar-refractivity contribution is -0.124. The third kappa shape index (κ3) is 3.91. The van der Waals surface area contributed by atoms with Crippen LogP contribution in [0.1, 0.15) is 25.3 Å². The number of dihydropyridines is 1. The summed E-state index contributed by atoms with van der Waals surface area (Å²) in [5, 5.41) is 3.52. The SMILES string of the molecule is CC1=C(CN2CCC3(CC2)C(=O)N(c2ccc(-c4ccccc4)cc2)c2c(Br)cccc23)NCC=C1. The fourth-order valence-corrected chi connectivity index (χ4v) is 6.42. The molecule has 3 aliphatic heterocycles. The number of likely N-dealkylation sites (tertiary alicyclic amines) is 1. The van der Waals surface area contributed by atoms with Gasteiger partial charge in [0.25, 0.3) is 0 Å². The number of benzene rings is 3. The molecule has 36 heavy (non-hydrogen) atoms. The summed E-state index contributed by atoms with van der Waals surface area (Å²) in [6.45, 7) is 5.78. The van der Waals surface area contributed by atoms with Crippen molar-refractivity contribution >= 4 is 33.2 Å². The van der Waals surface area contributed by atoms with Crippen molar-refractivity contribution in [1.82, 2.24) is 10.2 Å². The molecule has 3 aromatic rings. The number of para-hydroxylation sites is 1. The standard InChI is InChI=1S/C31H30BrN3O/c1-22-7-6-18-33-28(22)21-34-19-16-31(17-20-34)26-10-5-11-27(32)29(26)35(30(31)36)25-14-12-24(13-15-25)23-8-3-2-4-9-23/h2-15,33H,16-21H2,1H3. The van der Waals surface area contributed by atoms with Gasteiger partial charge >= 0.3 is 0 Å². The summed E-state index contributed by atoms with van der Waals surface area (Å²) in [7, 11) is 0. The Morgan fingerprint density at radius 1 is 0.917 bits per heavy atom. The average molecular weight is 541 g/mol. The summed E-state index contributed by atoms with van der Waals surface area (Å²) in [6, 6.07) is 25.0. The number of carbonyl (C=O) groups is 1. The number of allylic oxidation sites excluding steroid dienone is 2. The topological polar surface area (TPSA) is 35.6 Å². The minimum Gasteiger partial charge on any atom is -0.384 e. The Morgan fingerprint density at radius 2 is 1.64 bits per heavy atom. The van der Waals surface area contributed by atoms with E-state index in [1.807, 2.05) is 17.0 Å². The number of piperidine rings is 1. The van der Waals surface area contributed by atoms with E-state index in [9.17, 15) is 4.79 Å². The van der Waals surface area contributed by atoms with Crippen LogP contribution in [0.15, 0.2) is 101 Å². The van der Waals surface area contributed by atoms with Gasteiger partial charge in [0.05, 0.1) is 11.1 Å². The molecule has 3 heterocycles. The van der Waals surface area contributed by atoms with E-state index in [4.69, 9.17) is 0 Å². The minimum absolute atomic E-state index is 0.200. The van der Waals surface area contributed by atoms with Crippen LogP contribution in [-0.2, 0) is 10.2 Å². The normalized spacial score (nSPS) is 19.1. The van der Waals surface area contributed by atoms with E-state index < -0.39 is 5.41 Å². The molecule has 6 rings (SSSR count). The van der Waals surface area contributed by atoms with Crippen LogP contribution in [0.5, 0.6) is 0 Å². The number of rotatable bonds is 4. The number of nitrogens with one attached hydrogen (secondary N) is 1. The smallest absolute Gasteiger partial charge is 0.242 e. The molecule has 0 bridgehead atoms. The minimum atomic E-state index is -0.475. The lowest BCUT2D eigenvalue weighted by Crippen LogP contribution is -2.49. The van der Waals surface area contributed by atoms with Crippen molar-refractivity contribution < 1.29 is 4.79 Å². The van der Waals surface area contributed by atoms with E-state index in [0.29, 0.717) is 0 Å². The lowest BCUT2D eigenvalue weighted by Gasteiger charge is -2.39. The highest BCUT2D eigenvalue weighted by molar-refractivity contribution is 9.10. The first-order chi connectivity index (χ1) is 17.6. The second kappa shape index (κ2) is 9.38. The highest BCUT2D eigenvalue weighted by Crippen LogP contribution is 2.53. The van der Waals surface area contributed by atoms with Crippen molar-refractivity contribution in [1.29, 1.82) is 0 Å². The Hall–Kier alpha value is -3.15. The summed E-state index contributed by atoms with van der Waals surface area (Å²) >= 11 is 3.77. The van der Waals surface area contributed by atoms with Crippen LogP contribution in [0.2, 0.25) is 0 Å². The molecule has 1 N–H and O–H groups in total. The third-order valence-corrected chi connectivity index (χ3v) is 8.58. The summed E-state index contributed by atoms with van der Waals surface area (Å²) < 4.78 is 0.971. The zero-order valence-electron chi connectivity index (χ0n) is 20.5. The van der Waals surface area contributed by atoms with Gasteiger partial charge < -0.3 is 5.32 Å². The number of halogens is 1. The maximum Gasteiger partial charge on any atom is 0.242 e. The van der Waals surface area contributed by atoms with Crippen LogP contribution < -0.4 is 10.2 Å². The molecule has 0 aliphatic carbocycles. The predicted molar refractivity (Wildman–Crippen MR) is 150 cm³/mol. The van der Waals surface area contributed by atoms with Gasteiger partial charge in [-0.3, -0.25) is 14.6 Å². The van der Waals surface area contributed by atoms with Gasteiger partial charge in [-0.15, -0.1) is 0 Å². The Morgan fingerprint density at radius 3 is 2.36 bits per heavy atom. The van der Waals surface area contributed by atoms with Gasteiger partial charge in [0.15, 0.2) is 0 Å². The van der Waals surface area contributed by atoms with E-state index >= 15 is 0 Å². The first kappa shape index (κ1) is 23.3. The molecule has 0 aromatic heterocycles. The van der Waals surface area contributed by atoms with Gasteiger partial charge in [-0.1, -0.05) is 66.7 Å². The van der Waals surface area contributed by atoms with Gasteiger partial charge in [-0.2, -0.15) is 0 Å². The summed E-state index contributed by atoms with van der Waals surface area (Å²) in [4.78, 5) is 18.7. The summed E-state index contributed by atoms with van der Waals surface area (Å²) in [5.74, 6) is 0.200. The van der Waals surface area contributed by atoms with Gasteiger partial charge in [0, 0.05) is 28.9 Å². The van der Waals surface area contributed by atoms with Crippen molar-refractivity contribution in [3.05, 3.63) is 106 Å². The fourth-order valence-electron chi connectivity index (χ4n) is 5.88. The third-order valence-electron chi connectivity index (χ3n) is 7.94. The van der Waals surface area contributed by atoms with Crippen LogP contribution in [0.25, 0.3) is 11.1 Å². The van der Waals surface area contributed by atoms with E-state index in [1.54, 1.807) is 0 Å². The predicted octanol–water partition coefficient (Wildman–Crippen LogP) is 6.56. The van der Waals surface area contributed by atoms with Gasteiger partial charge in [-0.25, -0.2) is 0 Å². The molecule has 0 atom stereocenters. The Bertz CT molecular complexity index is 1350. The molecule has 1 spiro atoms. The Kier molecular flexibility index (Phi) is 6.06. The van der Waals surface area contributed by atoms with Gasteiger partial charge in [0.2, 0.25) is 5.91 Å². The molecular weight excluding hydrogens is 510 g/mol. The molecule has 3 aromatic carbocycles. The maximum absolute atomic E-state index is 14.3. The van der Waals surface area contributed by atoms with Crippen molar-refractivity contribution in [2.45, 2.75) is 25.2 Å². The van der Waals surface area contributed by atoms with Gasteiger partial charge in [0.1, 0.15) is 0 Å². The molecule has 182 valence electrons. The Balaban J connectivity index is 1.29. The Labute approximate surface area is 221 Å². The monoisotopic (exact) mass is 539 g/mol. The molecule has 1 fully saturated rings. The van der Waals surface area contributed by atoms with Crippen molar-refractivity contribution in [2.75, 3.05) is 31.1 Å². The van der Waals surface area contributed by atoms with Crippen LogP contribution in [-0.4, -0.2) is 37.0 Å². The average Bonchev–Trinajstić information content (AvgIpc) is 3.16. The van der Waals surface area contributed by atoms with Crippen LogP contribution in [0, 0.1) is 0 Å². The molecular formula is C31H30BrN3O. The number of hydrogen-bond donors (Lipinski definition) is 1. The van der Waals surface area contributed by atoms with Crippen LogP contribution in [0.3, 0.4) is 0 Å². The molecule has 3 aliphatic rings. The molecule has 0 unspecified atom stereocenters. The molecule has 1 amide bonds. The highest BCUT2D eigenvalue weighted by Gasteiger charge is 2.53. The maximum atomic E-state index is 14.3. The zero-order chi connectivity index (χ0) is 24.7. The van der Waals surface area contributed by atoms with Crippen molar-refractivity contribution in [2.24, 2.45) is 0 Å². The van der Waals surface area contributed by atoms with E-state index in [-0.39, 0.29) is 5.91 Å². The number of carbonyl (C=O) groups excluding carboxylic acids is 1. The number of amides is 1. The summed E-state index contributed by atoms with van der Waals surface area (Å²) in [6.07, 6.45) is 6.02. The molecule has 5 heteroatoms.